The predicted octanol–water partition coefficient (Wildman–Crippen LogP) is 15.2. The summed E-state index contributed by atoms with van der Waals surface area (Å²) >= 11 is 0. The first-order chi connectivity index (χ1) is 29.0. The first kappa shape index (κ1) is 55.1. The van der Waals surface area contributed by atoms with Crippen molar-refractivity contribution in [3.8, 4) is 0 Å². The van der Waals surface area contributed by atoms with Gasteiger partial charge in [-0.05, 0) is 83.5 Å². The predicted molar refractivity (Wildman–Crippen MR) is 251 cm³/mol. The molecule has 0 aliphatic heterocycles. The van der Waals surface area contributed by atoms with Crippen LogP contribution >= 0.6 is 0 Å². The summed E-state index contributed by atoms with van der Waals surface area (Å²) in [6.45, 7) is 6.25. The highest BCUT2D eigenvalue weighted by Crippen LogP contribution is 2.13. The third kappa shape index (κ3) is 45.0. The Hall–Kier alpha value is -3.93. The van der Waals surface area contributed by atoms with E-state index in [4.69, 9.17) is 14.2 Å². The zero-order valence-electron chi connectivity index (χ0n) is 37.7. The van der Waals surface area contributed by atoms with E-state index in [1.54, 1.807) is 0 Å². The molecule has 0 fully saturated rings. The summed E-state index contributed by atoms with van der Waals surface area (Å²) in [5, 5.41) is 0. The summed E-state index contributed by atoms with van der Waals surface area (Å²) in [5.74, 6) is -1.08. The zero-order valence-corrected chi connectivity index (χ0v) is 37.7. The lowest BCUT2D eigenvalue weighted by Gasteiger charge is -2.18. The number of unbranched alkanes of at least 4 members (excludes halogenated alkanes) is 11. The SMILES string of the molecule is CC/C=C\C/C=C\C/C=C\C/C=C\C/C=C\C/C=C\CCC(=O)OCC(COC(=O)CCCCCCCCCCCCC)OC(=O)CCC/C=C\C/C=C\C/C=C\CC. The molecule has 0 aliphatic rings. The Morgan fingerprint density at radius 2 is 0.695 bits per heavy atom. The van der Waals surface area contributed by atoms with Crippen LogP contribution in [0.2, 0.25) is 0 Å². The lowest BCUT2D eigenvalue weighted by molar-refractivity contribution is -0.166. The molecular formula is C53H84O6. The Morgan fingerprint density at radius 1 is 0.356 bits per heavy atom. The van der Waals surface area contributed by atoms with Crippen molar-refractivity contribution in [1.82, 2.24) is 0 Å². The molecule has 0 saturated carbocycles. The van der Waals surface area contributed by atoms with Crippen LogP contribution in [0.15, 0.2) is 109 Å². The van der Waals surface area contributed by atoms with Crippen molar-refractivity contribution in [3.63, 3.8) is 0 Å². The summed E-state index contributed by atoms with van der Waals surface area (Å²) in [4.78, 5) is 37.7. The molecule has 59 heavy (non-hydrogen) atoms. The maximum atomic E-state index is 12.7. The Balaban J connectivity index is 4.54. The van der Waals surface area contributed by atoms with Gasteiger partial charge < -0.3 is 14.2 Å². The van der Waals surface area contributed by atoms with Crippen molar-refractivity contribution >= 4 is 17.9 Å². The van der Waals surface area contributed by atoms with Gasteiger partial charge in [0, 0.05) is 19.3 Å². The van der Waals surface area contributed by atoms with E-state index in [2.05, 4.69) is 118 Å². The molecule has 0 heterocycles. The van der Waals surface area contributed by atoms with Crippen LogP contribution in [0.1, 0.15) is 188 Å². The quantitative estimate of drug-likeness (QED) is 0.0265. The minimum atomic E-state index is -0.832. The minimum absolute atomic E-state index is 0.122. The summed E-state index contributed by atoms with van der Waals surface area (Å²) < 4.78 is 16.6. The molecule has 0 amide bonds. The van der Waals surface area contributed by atoms with Gasteiger partial charge in [-0.3, -0.25) is 14.4 Å². The van der Waals surface area contributed by atoms with Crippen molar-refractivity contribution in [3.05, 3.63) is 109 Å². The summed E-state index contributed by atoms with van der Waals surface area (Å²) in [7, 11) is 0. The van der Waals surface area contributed by atoms with Gasteiger partial charge >= 0.3 is 17.9 Å². The topological polar surface area (TPSA) is 78.9 Å². The highest BCUT2D eigenvalue weighted by molar-refractivity contribution is 5.71. The molecule has 1 unspecified atom stereocenters. The monoisotopic (exact) mass is 817 g/mol. The molecule has 0 spiro atoms. The molecule has 0 rings (SSSR count). The summed E-state index contributed by atoms with van der Waals surface area (Å²) in [6.07, 6.45) is 62.4. The lowest BCUT2D eigenvalue weighted by atomic mass is 10.1. The molecule has 0 aromatic carbocycles. The molecule has 6 heteroatoms. The second kappa shape index (κ2) is 46.8. The highest BCUT2D eigenvalue weighted by Gasteiger charge is 2.19. The number of esters is 3. The summed E-state index contributed by atoms with van der Waals surface area (Å²) in [5.41, 5.74) is 0. The lowest BCUT2D eigenvalue weighted by Crippen LogP contribution is -2.30. The first-order valence-corrected chi connectivity index (χ1v) is 23.4. The van der Waals surface area contributed by atoms with Crippen molar-refractivity contribution in [2.24, 2.45) is 0 Å². The third-order valence-electron chi connectivity index (χ3n) is 9.29. The van der Waals surface area contributed by atoms with E-state index in [-0.39, 0.29) is 44.0 Å². The van der Waals surface area contributed by atoms with Crippen molar-refractivity contribution in [2.75, 3.05) is 13.2 Å². The second-order valence-corrected chi connectivity index (χ2v) is 14.9. The number of hydrogen-bond acceptors (Lipinski definition) is 6. The van der Waals surface area contributed by atoms with E-state index >= 15 is 0 Å². The largest absolute Gasteiger partial charge is 0.462 e. The van der Waals surface area contributed by atoms with E-state index in [0.717, 1.165) is 83.5 Å². The van der Waals surface area contributed by atoms with Gasteiger partial charge in [0.15, 0.2) is 6.10 Å². The van der Waals surface area contributed by atoms with Crippen LogP contribution in [-0.4, -0.2) is 37.2 Å². The van der Waals surface area contributed by atoms with Crippen molar-refractivity contribution in [2.45, 2.75) is 194 Å². The van der Waals surface area contributed by atoms with Gasteiger partial charge in [0.25, 0.3) is 0 Å². The fourth-order valence-electron chi connectivity index (χ4n) is 5.84. The maximum absolute atomic E-state index is 12.7. The van der Waals surface area contributed by atoms with E-state index in [1.807, 2.05) is 12.2 Å². The molecule has 0 radical (unpaired) electrons. The van der Waals surface area contributed by atoms with Gasteiger partial charge in [-0.2, -0.15) is 0 Å². The average molecular weight is 817 g/mol. The van der Waals surface area contributed by atoms with E-state index in [9.17, 15) is 14.4 Å². The maximum Gasteiger partial charge on any atom is 0.306 e. The smallest absolute Gasteiger partial charge is 0.306 e. The molecule has 0 bridgehead atoms. The van der Waals surface area contributed by atoms with Gasteiger partial charge in [0.2, 0.25) is 0 Å². The van der Waals surface area contributed by atoms with Gasteiger partial charge in [-0.25, -0.2) is 0 Å². The van der Waals surface area contributed by atoms with Crippen LogP contribution in [0.25, 0.3) is 0 Å². The van der Waals surface area contributed by atoms with Gasteiger partial charge in [0.05, 0.1) is 0 Å². The molecule has 332 valence electrons. The zero-order chi connectivity index (χ0) is 43.0. The molecule has 0 aliphatic carbocycles. The van der Waals surface area contributed by atoms with Crippen molar-refractivity contribution < 1.29 is 28.6 Å². The highest BCUT2D eigenvalue weighted by atomic mass is 16.6. The molecule has 0 saturated heterocycles. The van der Waals surface area contributed by atoms with E-state index in [1.165, 1.54) is 51.4 Å². The molecule has 0 aromatic heterocycles. The minimum Gasteiger partial charge on any atom is -0.462 e. The fraction of sp³-hybridized carbons (Fsp3) is 0.604. The van der Waals surface area contributed by atoms with Gasteiger partial charge in [-0.1, -0.05) is 194 Å². The number of allylic oxidation sites excluding steroid dienone is 18. The number of carbonyl (C=O) groups excluding carboxylic acids is 3. The Bertz CT molecular complexity index is 1260. The van der Waals surface area contributed by atoms with Crippen LogP contribution in [0.4, 0.5) is 0 Å². The van der Waals surface area contributed by atoms with E-state index in [0.29, 0.717) is 19.3 Å². The molecular weight excluding hydrogens is 733 g/mol. The number of hydrogen-bond donors (Lipinski definition) is 0. The Labute approximate surface area is 361 Å². The standard InChI is InChI=1S/C53H84O6/c1-4-7-10-13-16-19-22-23-24-25-26-27-28-29-32-34-37-40-43-46-52(55)58-49-50(59-53(56)47-44-41-38-35-31-21-18-15-12-9-6-3)48-57-51(54)45-42-39-36-33-30-20-17-14-11-8-5-2/h7,9-10,12,16,18-19,21,23-24,26-27,29,32,35,37-38,40,50H,4-6,8,11,13-15,17,20,22,25,28,30-31,33-34,36,39,41-49H2,1-3H3/b10-7-,12-9-,19-16-,21-18-,24-23-,27-26-,32-29-,38-35-,40-37-. The van der Waals surface area contributed by atoms with E-state index < -0.39 is 6.10 Å². The van der Waals surface area contributed by atoms with Gasteiger partial charge in [-0.15, -0.1) is 0 Å². The number of ether oxygens (including phenoxy) is 3. The van der Waals surface area contributed by atoms with Crippen molar-refractivity contribution in [1.29, 1.82) is 0 Å². The number of carbonyl (C=O) groups is 3. The Kier molecular flexibility index (Phi) is 43.6. The van der Waals surface area contributed by atoms with Crippen LogP contribution in [0.5, 0.6) is 0 Å². The molecule has 0 aromatic rings. The second-order valence-electron chi connectivity index (χ2n) is 14.9. The summed E-state index contributed by atoms with van der Waals surface area (Å²) in [6, 6.07) is 0. The van der Waals surface area contributed by atoms with Gasteiger partial charge in [0.1, 0.15) is 13.2 Å². The fourth-order valence-corrected chi connectivity index (χ4v) is 5.84. The molecule has 0 N–H and O–H groups in total. The average Bonchev–Trinajstić information content (AvgIpc) is 3.23. The molecule has 1 atom stereocenters. The molecule has 6 nitrogen and oxygen atoms in total. The number of rotatable bonds is 40. The van der Waals surface area contributed by atoms with Crippen LogP contribution < -0.4 is 0 Å². The van der Waals surface area contributed by atoms with Crippen LogP contribution in [0.3, 0.4) is 0 Å². The normalized spacial score (nSPS) is 13.1. The van der Waals surface area contributed by atoms with Crippen LogP contribution in [-0.2, 0) is 28.6 Å². The first-order valence-electron chi connectivity index (χ1n) is 23.4. The van der Waals surface area contributed by atoms with Crippen LogP contribution in [0, 0.1) is 0 Å². The third-order valence-corrected chi connectivity index (χ3v) is 9.29. The Morgan fingerprint density at radius 3 is 1.12 bits per heavy atom.